The molecule has 1 aromatic heterocycles. The highest BCUT2D eigenvalue weighted by atomic mass is 32.2. The summed E-state index contributed by atoms with van der Waals surface area (Å²) in [7, 11) is -2.36. The molecule has 0 aliphatic carbocycles. The van der Waals surface area contributed by atoms with E-state index in [4.69, 9.17) is 9.15 Å². The predicted octanol–water partition coefficient (Wildman–Crippen LogP) is 3.35. The molecule has 28 heavy (non-hydrogen) atoms. The number of carbonyl (C=O) groups is 1. The van der Waals surface area contributed by atoms with E-state index in [2.05, 4.69) is 15.0 Å². The number of aromatic nitrogens is 1. The Labute approximate surface area is 162 Å². The van der Waals surface area contributed by atoms with E-state index in [-0.39, 0.29) is 16.3 Å². The zero-order valence-electron chi connectivity index (χ0n) is 15.5. The van der Waals surface area contributed by atoms with Crippen LogP contribution in [0, 0.1) is 13.8 Å². The lowest BCUT2D eigenvalue weighted by Gasteiger charge is -2.13. The van der Waals surface area contributed by atoms with Gasteiger partial charge in [0.25, 0.3) is 15.9 Å². The first-order chi connectivity index (χ1) is 13.3. The summed E-state index contributed by atoms with van der Waals surface area (Å²) in [5, 5.41) is 2.66. The molecule has 3 rings (SSSR count). The predicted molar refractivity (Wildman–Crippen MR) is 104 cm³/mol. The summed E-state index contributed by atoms with van der Waals surface area (Å²) in [4.78, 5) is 16.6. The largest absolute Gasteiger partial charge is 0.497 e. The van der Waals surface area contributed by atoms with Gasteiger partial charge in [-0.15, -0.1) is 0 Å². The van der Waals surface area contributed by atoms with E-state index in [1.54, 1.807) is 50.2 Å². The van der Waals surface area contributed by atoms with Gasteiger partial charge in [-0.25, -0.2) is 13.4 Å². The molecular formula is C19H19N3O5S. The van der Waals surface area contributed by atoms with Crippen molar-refractivity contribution >= 4 is 27.3 Å². The highest BCUT2D eigenvalue weighted by Gasteiger charge is 2.19. The third-order valence-corrected chi connectivity index (χ3v) is 5.29. The summed E-state index contributed by atoms with van der Waals surface area (Å²) in [6, 6.07) is 12.5. The number of nitrogens with one attached hydrogen (secondary N) is 2. The minimum absolute atomic E-state index is 0.0670. The second-order valence-corrected chi connectivity index (χ2v) is 7.60. The van der Waals surface area contributed by atoms with Gasteiger partial charge in [0.15, 0.2) is 11.6 Å². The van der Waals surface area contributed by atoms with Crippen molar-refractivity contribution in [2.75, 3.05) is 17.1 Å². The van der Waals surface area contributed by atoms with Gasteiger partial charge in [0.05, 0.1) is 23.4 Å². The first-order valence-electron chi connectivity index (χ1n) is 8.31. The third-order valence-electron chi connectivity index (χ3n) is 3.91. The van der Waals surface area contributed by atoms with Crippen LogP contribution in [0.15, 0.2) is 57.8 Å². The quantitative estimate of drug-likeness (QED) is 0.655. The monoisotopic (exact) mass is 401 g/mol. The Morgan fingerprint density at radius 3 is 2.25 bits per heavy atom. The molecule has 0 atom stereocenters. The standard InChI is InChI=1S/C19H19N3O5S/c1-12-18(20-13(2)27-12)19(23)21-16-6-4-5-7-17(16)22-28(24,25)15-10-8-14(26-3)9-11-15/h4-11,22H,1-3H3,(H,21,23). The molecule has 0 bridgehead atoms. The maximum Gasteiger partial charge on any atom is 0.277 e. The molecule has 0 aliphatic heterocycles. The Morgan fingerprint density at radius 2 is 1.68 bits per heavy atom. The molecule has 8 nitrogen and oxygen atoms in total. The summed E-state index contributed by atoms with van der Waals surface area (Å²) < 4.78 is 38.1. The third kappa shape index (κ3) is 4.15. The van der Waals surface area contributed by atoms with Crippen LogP contribution >= 0.6 is 0 Å². The molecule has 9 heteroatoms. The second kappa shape index (κ2) is 7.73. The lowest BCUT2D eigenvalue weighted by Crippen LogP contribution is -2.18. The van der Waals surface area contributed by atoms with Crippen molar-refractivity contribution in [3.63, 3.8) is 0 Å². The average molecular weight is 401 g/mol. The number of carbonyl (C=O) groups excluding carboxylic acids is 1. The minimum atomic E-state index is -3.86. The summed E-state index contributed by atoms with van der Waals surface area (Å²) in [5.41, 5.74) is 0.666. The number of para-hydroxylation sites is 2. The van der Waals surface area contributed by atoms with Gasteiger partial charge in [-0.1, -0.05) is 12.1 Å². The molecular weight excluding hydrogens is 382 g/mol. The number of anilines is 2. The molecule has 1 amide bonds. The molecule has 0 spiro atoms. The Balaban J connectivity index is 1.85. The molecule has 2 N–H and O–H groups in total. The smallest absolute Gasteiger partial charge is 0.277 e. The molecule has 0 fully saturated rings. The molecule has 2 aromatic carbocycles. The van der Waals surface area contributed by atoms with E-state index >= 15 is 0 Å². The fraction of sp³-hybridized carbons (Fsp3) is 0.158. The Morgan fingerprint density at radius 1 is 1.04 bits per heavy atom. The number of amides is 1. The molecule has 0 saturated carbocycles. The summed E-state index contributed by atoms with van der Waals surface area (Å²) in [6.45, 7) is 3.27. The van der Waals surface area contributed by atoms with E-state index in [0.717, 1.165) is 0 Å². The lowest BCUT2D eigenvalue weighted by atomic mass is 10.2. The zero-order chi connectivity index (χ0) is 20.3. The highest BCUT2D eigenvalue weighted by Crippen LogP contribution is 2.26. The molecule has 1 heterocycles. The van der Waals surface area contributed by atoms with Gasteiger partial charge in [0.2, 0.25) is 0 Å². The highest BCUT2D eigenvalue weighted by molar-refractivity contribution is 7.92. The number of methoxy groups -OCH3 is 1. The van der Waals surface area contributed by atoms with E-state index in [1.165, 1.54) is 19.2 Å². The maximum atomic E-state index is 12.7. The number of nitrogens with zero attached hydrogens (tertiary/aromatic N) is 1. The van der Waals surface area contributed by atoms with Crippen molar-refractivity contribution in [1.82, 2.24) is 4.98 Å². The van der Waals surface area contributed by atoms with Crippen LogP contribution in [0.2, 0.25) is 0 Å². The first kappa shape index (κ1) is 19.4. The molecule has 146 valence electrons. The number of oxazole rings is 1. The van der Waals surface area contributed by atoms with Crippen molar-refractivity contribution in [3.05, 3.63) is 65.9 Å². The van der Waals surface area contributed by atoms with Crippen molar-refractivity contribution in [2.24, 2.45) is 0 Å². The lowest BCUT2D eigenvalue weighted by molar-refractivity contribution is 0.102. The number of aryl methyl sites for hydroxylation is 2. The molecule has 0 unspecified atom stereocenters. The number of rotatable bonds is 6. The Kier molecular flexibility index (Phi) is 5.36. The van der Waals surface area contributed by atoms with E-state index < -0.39 is 15.9 Å². The van der Waals surface area contributed by atoms with Crippen LogP contribution in [0.4, 0.5) is 11.4 Å². The van der Waals surface area contributed by atoms with Gasteiger partial charge in [0.1, 0.15) is 11.5 Å². The Bertz CT molecular complexity index is 1100. The summed E-state index contributed by atoms with van der Waals surface area (Å²) in [5.74, 6) is 0.803. The van der Waals surface area contributed by atoms with Gasteiger partial charge in [0, 0.05) is 6.92 Å². The number of ether oxygens (including phenoxy) is 1. The minimum Gasteiger partial charge on any atom is -0.497 e. The van der Waals surface area contributed by atoms with Crippen molar-refractivity contribution in [2.45, 2.75) is 18.7 Å². The fourth-order valence-electron chi connectivity index (χ4n) is 2.56. The van der Waals surface area contributed by atoms with Crippen LogP contribution in [0.3, 0.4) is 0 Å². The Hall–Kier alpha value is -3.33. The van der Waals surface area contributed by atoms with Crippen LogP contribution in [0.1, 0.15) is 22.1 Å². The first-order valence-corrected chi connectivity index (χ1v) is 9.80. The molecule has 3 aromatic rings. The van der Waals surface area contributed by atoms with Crippen molar-refractivity contribution < 1.29 is 22.4 Å². The van der Waals surface area contributed by atoms with Gasteiger partial charge in [-0.05, 0) is 43.3 Å². The van der Waals surface area contributed by atoms with Gasteiger partial charge < -0.3 is 14.5 Å². The molecule has 0 radical (unpaired) electrons. The number of sulfonamides is 1. The summed E-state index contributed by atoms with van der Waals surface area (Å²) >= 11 is 0. The maximum absolute atomic E-state index is 12.7. The topological polar surface area (TPSA) is 111 Å². The molecule has 0 saturated heterocycles. The van der Waals surface area contributed by atoms with Gasteiger partial charge in [-0.3, -0.25) is 9.52 Å². The normalized spacial score (nSPS) is 11.1. The average Bonchev–Trinajstić information content (AvgIpc) is 3.01. The van der Waals surface area contributed by atoms with Crippen molar-refractivity contribution in [1.29, 1.82) is 0 Å². The van der Waals surface area contributed by atoms with Crippen molar-refractivity contribution in [3.8, 4) is 5.75 Å². The number of hydrogen-bond donors (Lipinski definition) is 2. The van der Waals surface area contributed by atoms with E-state index in [1.807, 2.05) is 0 Å². The number of hydrogen-bond acceptors (Lipinski definition) is 6. The van der Waals surface area contributed by atoms with Crippen LogP contribution in [-0.4, -0.2) is 26.4 Å². The van der Waals surface area contributed by atoms with Crippen LogP contribution in [-0.2, 0) is 10.0 Å². The van der Waals surface area contributed by atoms with E-state index in [9.17, 15) is 13.2 Å². The van der Waals surface area contributed by atoms with E-state index in [0.29, 0.717) is 23.1 Å². The summed E-state index contributed by atoms with van der Waals surface area (Å²) in [6.07, 6.45) is 0. The van der Waals surface area contributed by atoms with Gasteiger partial charge >= 0.3 is 0 Å². The molecule has 0 aliphatic rings. The van der Waals surface area contributed by atoms with Crippen LogP contribution in [0.5, 0.6) is 5.75 Å². The van der Waals surface area contributed by atoms with Crippen LogP contribution < -0.4 is 14.8 Å². The van der Waals surface area contributed by atoms with Crippen LogP contribution in [0.25, 0.3) is 0 Å². The zero-order valence-corrected chi connectivity index (χ0v) is 16.3. The number of benzene rings is 2. The van der Waals surface area contributed by atoms with Gasteiger partial charge in [-0.2, -0.15) is 0 Å². The SMILES string of the molecule is COc1ccc(S(=O)(=O)Nc2ccccc2NC(=O)c2nc(C)oc2C)cc1. The second-order valence-electron chi connectivity index (χ2n) is 5.92. The fourth-order valence-corrected chi connectivity index (χ4v) is 3.64.